The van der Waals surface area contributed by atoms with E-state index in [0.29, 0.717) is 23.7 Å². The topological polar surface area (TPSA) is 64.0 Å². The number of nitrogens with zero attached hydrogens (tertiary/aromatic N) is 2. The van der Waals surface area contributed by atoms with E-state index in [1.165, 1.54) is 0 Å². The van der Waals surface area contributed by atoms with Gasteiger partial charge in [0.25, 0.3) is 0 Å². The Balaban J connectivity index is 2.19. The second-order valence-electron chi connectivity index (χ2n) is 5.06. The van der Waals surface area contributed by atoms with E-state index in [-0.39, 0.29) is 17.2 Å². The molecular weight excluding hydrogens is 313 g/mol. The summed E-state index contributed by atoms with van der Waals surface area (Å²) < 4.78 is 1.79. The smallest absolute Gasteiger partial charge is 0.249 e. The maximum absolute atomic E-state index is 12.1. The van der Waals surface area contributed by atoms with Crippen molar-refractivity contribution in [2.75, 3.05) is 0 Å². The SMILES string of the molecule is CC(Cl)c1nc2ccc(Cl)cc2n1C1CCC(=O)NC1=O. The summed E-state index contributed by atoms with van der Waals surface area (Å²) in [4.78, 5) is 28.0. The molecule has 2 unspecified atom stereocenters. The van der Waals surface area contributed by atoms with E-state index < -0.39 is 6.04 Å². The predicted molar refractivity (Wildman–Crippen MR) is 80.4 cm³/mol. The standard InChI is InChI=1S/C14H13Cl2N3O2/c1-7(15)13-17-9-3-2-8(16)6-11(9)19(13)10-4-5-12(20)18-14(10)21/h2-3,6-7,10H,4-5H2,1H3,(H,18,20,21). The molecule has 1 aliphatic heterocycles. The fourth-order valence-electron chi connectivity index (χ4n) is 2.62. The van der Waals surface area contributed by atoms with Crippen molar-refractivity contribution in [3.05, 3.63) is 29.0 Å². The van der Waals surface area contributed by atoms with Gasteiger partial charge >= 0.3 is 0 Å². The number of carbonyl (C=O) groups is 2. The molecule has 0 radical (unpaired) electrons. The molecule has 3 rings (SSSR count). The zero-order valence-electron chi connectivity index (χ0n) is 11.3. The van der Waals surface area contributed by atoms with E-state index in [9.17, 15) is 9.59 Å². The number of halogens is 2. The number of carbonyl (C=O) groups excluding carboxylic acids is 2. The number of imide groups is 1. The van der Waals surface area contributed by atoms with Crippen LogP contribution in [0.5, 0.6) is 0 Å². The minimum absolute atomic E-state index is 0.251. The number of aromatic nitrogens is 2. The van der Waals surface area contributed by atoms with Crippen LogP contribution < -0.4 is 5.32 Å². The molecule has 21 heavy (non-hydrogen) atoms. The molecule has 1 fully saturated rings. The number of hydrogen-bond acceptors (Lipinski definition) is 3. The molecule has 1 aliphatic rings. The van der Waals surface area contributed by atoms with Gasteiger partial charge in [0.2, 0.25) is 11.8 Å². The minimum atomic E-state index is -0.498. The first kappa shape index (κ1) is 14.4. The van der Waals surface area contributed by atoms with Crippen molar-refractivity contribution in [2.45, 2.75) is 31.2 Å². The number of benzene rings is 1. The van der Waals surface area contributed by atoms with E-state index in [4.69, 9.17) is 23.2 Å². The average Bonchev–Trinajstić information content (AvgIpc) is 2.77. The molecule has 1 N–H and O–H groups in total. The zero-order valence-corrected chi connectivity index (χ0v) is 12.8. The summed E-state index contributed by atoms with van der Waals surface area (Å²) in [6.45, 7) is 1.80. The summed E-state index contributed by atoms with van der Waals surface area (Å²) in [7, 11) is 0. The molecule has 1 aromatic carbocycles. The molecule has 1 aromatic heterocycles. The first-order valence-corrected chi connectivity index (χ1v) is 7.44. The van der Waals surface area contributed by atoms with Crippen LogP contribution in [-0.4, -0.2) is 21.4 Å². The Morgan fingerprint density at radius 1 is 1.43 bits per heavy atom. The number of imidazole rings is 1. The molecule has 2 aromatic rings. The van der Waals surface area contributed by atoms with Gasteiger partial charge in [0.1, 0.15) is 11.9 Å². The first-order chi connectivity index (χ1) is 9.97. The number of fused-ring (bicyclic) bond motifs is 1. The maximum atomic E-state index is 12.1. The lowest BCUT2D eigenvalue weighted by atomic mass is 10.1. The second kappa shape index (κ2) is 5.31. The van der Waals surface area contributed by atoms with Gasteiger partial charge in [0.05, 0.1) is 16.4 Å². The molecule has 0 spiro atoms. The van der Waals surface area contributed by atoms with Crippen molar-refractivity contribution in [2.24, 2.45) is 0 Å². The maximum Gasteiger partial charge on any atom is 0.249 e. The van der Waals surface area contributed by atoms with Crippen molar-refractivity contribution in [1.29, 1.82) is 0 Å². The van der Waals surface area contributed by atoms with E-state index >= 15 is 0 Å². The zero-order chi connectivity index (χ0) is 15.1. The third-order valence-corrected chi connectivity index (χ3v) is 3.99. The Labute approximate surface area is 131 Å². The first-order valence-electron chi connectivity index (χ1n) is 6.62. The molecule has 1 saturated heterocycles. The van der Waals surface area contributed by atoms with Gasteiger partial charge in [-0.15, -0.1) is 11.6 Å². The fraction of sp³-hybridized carbons (Fsp3) is 0.357. The Morgan fingerprint density at radius 3 is 2.86 bits per heavy atom. The lowest BCUT2D eigenvalue weighted by Crippen LogP contribution is -2.42. The van der Waals surface area contributed by atoms with E-state index in [0.717, 1.165) is 11.0 Å². The van der Waals surface area contributed by atoms with Crippen LogP contribution in [0, 0.1) is 0 Å². The van der Waals surface area contributed by atoms with Crippen molar-refractivity contribution < 1.29 is 9.59 Å². The highest BCUT2D eigenvalue weighted by Crippen LogP contribution is 2.32. The highest BCUT2D eigenvalue weighted by atomic mass is 35.5. The van der Waals surface area contributed by atoms with Gasteiger partial charge in [0, 0.05) is 11.4 Å². The number of amides is 2. The van der Waals surface area contributed by atoms with Crippen LogP contribution in [0.4, 0.5) is 0 Å². The van der Waals surface area contributed by atoms with Crippen molar-refractivity contribution in [3.8, 4) is 0 Å². The minimum Gasteiger partial charge on any atom is -0.314 e. The Morgan fingerprint density at radius 2 is 2.19 bits per heavy atom. The van der Waals surface area contributed by atoms with Gasteiger partial charge in [-0.1, -0.05) is 11.6 Å². The number of rotatable bonds is 2. The molecule has 2 heterocycles. The summed E-state index contributed by atoms with van der Waals surface area (Å²) >= 11 is 12.2. The Hall–Kier alpha value is -1.59. The molecule has 0 saturated carbocycles. The summed E-state index contributed by atoms with van der Waals surface area (Å²) in [6.07, 6.45) is 0.728. The van der Waals surface area contributed by atoms with Crippen LogP contribution in [-0.2, 0) is 9.59 Å². The molecule has 5 nitrogen and oxygen atoms in total. The van der Waals surface area contributed by atoms with Crippen LogP contribution in [0.25, 0.3) is 11.0 Å². The van der Waals surface area contributed by atoms with Gasteiger partial charge < -0.3 is 4.57 Å². The van der Waals surface area contributed by atoms with E-state index in [2.05, 4.69) is 10.3 Å². The van der Waals surface area contributed by atoms with Gasteiger partial charge in [0.15, 0.2) is 0 Å². The quantitative estimate of drug-likeness (QED) is 0.682. The van der Waals surface area contributed by atoms with E-state index in [1.54, 1.807) is 29.7 Å². The molecule has 2 atom stereocenters. The molecule has 2 amide bonds. The number of piperidine rings is 1. The monoisotopic (exact) mass is 325 g/mol. The Bertz CT molecular complexity index is 739. The number of alkyl halides is 1. The number of nitrogens with one attached hydrogen (secondary N) is 1. The highest BCUT2D eigenvalue weighted by molar-refractivity contribution is 6.31. The lowest BCUT2D eigenvalue weighted by molar-refractivity contribution is -0.135. The van der Waals surface area contributed by atoms with Crippen LogP contribution >= 0.6 is 23.2 Å². The number of hydrogen-bond donors (Lipinski definition) is 1. The van der Waals surface area contributed by atoms with E-state index in [1.807, 2.05) is 0 Å². The third-order valence-electron chi connectivity index (χ3n) is 3.56. The van der Waals surface area contributed by atoms with Gasteiger partial charge in [-0.05, 0) is 31.5 Å². The van der Waals surface area contributed by atoms with Crippen LogP contribution in [0.2, 0.25) is 5.02 Å². The van der Waals surface area contributed by atoms with Gasteiger partial charge in [-0.3, -0.25) is 14.9 Å². The average molecular weight is 326 g/mol. The summed E-state index contributed by atoms with van der Waals surface area (Å²) in [5.74, 6) is 0.0201. The van der Waals surface area contributed by atoms with Gasteiger partial charge in [-0.25, -0.2) is 4.98 Å². The van der Waals surface area contributed by atoms with Crippen LogP contribution in [0.3, 0.4) is 0 Å². The van der Waals surface area contributed by atoms with Crippen LogP contribution in [0.1, 0.15) is 37.0 Å². The largest absolute Gasteiger partial charge is 0.314 e. The molecular formula is C14H13Cl2N3O2. The van der Waals surface area contributed by atoms with Crippen molar-refractivity contribution in [3.63, 3.8) is 0 Å². The Kier molecular flexibility index (Phi) is 3.63. The lowest BCUT2D eigenvalue weighted by Gasteiger charge is -2.25. The molecule has 7 heteroatoms. The van der Waals surface area contributed by atoms with Crippen molar-refractivity contribution in [1.82, 2.24) is 14.9 Å². The second-order valence-corrected chi connectivity index (χ2v) is 6.15. The fourth-order valence-corrected chi connectivity index (χ4v) is 2.94. The highest BCUT2D eigenvalue weighted by Gasteiger charge is 2.31. The summed E-state index contributed by atoms with van der Waals surface area (Å²) in [5.41, 5.74) is 1.48. The summed E-state index contributed by atoms with van der Waals surface area (Å²) in [6, 6.07) is 4.80. The molecule has 110 valence electrons. The molecule has 0 aliphatic carbocycles. The molecule has 0 bridgehead atoms. The normalized spacial score (nSPS) is 20.6. The summed E-state index contributed by atoms with van der Waals surface area (Å²) in [5, 5.41) is 2.56. The van der Waals surface area contributed by atoms with Gasteiger partial charge in [-0.2, -0.15) is 0 Å². The van der Waals surface area contributed by atoms with Crippen molar-refractivity contribution >= 4 is 46.0 Å². The van der Waals surface area contributed by atoms with Crippen LogP contribution in [0.15, 0.2) is 18.2 Å². The third kappa shape index (κ3) is 2.51. The predicted octanol–water partition coefficient (Wildman–Crippen LogP) is 2.97.